The molecular formula is C10H11N7O5. The molecule has 2 heterocycles. The van der Waals surface area contributed by atoms with Crippen LogP contribution in [0.15, 0.2) is 28.4 Å². The number of carbonyl (C=O) groups excluding carboxylic acids is 2. The number of hydrogen-bond donors (Lipinski definition) is 5. The number of amides is 2. The largest absolute Gasteiger partial charge is 0.394 e. The van der Waals surface area contributed by atoms with Crippen LogP contribution in [-0.2, 0) is 4.79 Å². The van der Waals surface area contributed by atoms with E-state index in [1.807, 2.05) is 4.98 Å². The Balaban J connectivity index is 2.09. The third-order valence-electron chi connectivity index (χ3n) is 2.53. The van der Waals surface area contributed by atoms with Crippen LogP contribution in [0.4, 0.5) is 0 Å². The molecule has 0 aromatic carbocycles. The lowest BCUT2D eigenvalue weighted by molar-refractivity contribution is -0.119. The van der Waals surface area contributed by atoms with E-state index in [-0.39, 0.29) is 0 Å². The van der Waals surface area contributed by atoms with Crippen LogP contribution in [-0.4, -0.2) is 54.4 Å². The molecule has 2 amide bonds. The lowest BCUT2D eigenvalue weighted by atomic mass is 10.2. The van der Waals surface area contributed by atoms with E-state index in [4.69, 9.17) is 0 Å². The van der Waals surface area contributed by atoms with E-state index in [0.717, 1.165) is 10.9 Å². The average molecular weight is 309 g/mol. The van der Waals surface area contributed by atoms with Gasteiger partial charge >= 0.3 is 5.69 Å². The predicted octanol–water partition coefficient (Wildman–Crippen LogP) is -3.48. The molecule has 2 aromatic rings. The van der Waals surface area contributed by atoms with Gasteiger partial charge in [-0.05, 0) is 0 Å². The van der Waals surface area contributed by atoms with E-state index in [9.17, 15) is 24.3 Å². The predicted molar refractivity (Wildman–Crippen MR) is 70.4 cm³/mol. The van der Waals surface area contributed by atoms with Crippen molar-refractivity contribution in [2.45, 2.75) is 6.04 Å². The molecule has 12 nitrogen and oxygen atoms in total. The Bertz CT molecular complexity index is 777. The molecule has 0 aliphatic heterocycles. The summed E-state index contributed by atoms with van der Waals surface area (Å²) in [6.45, 7) is -0.707. The summed E-state index contributed by atoms with van der Waals surface area (Å²) in [6, 6.07) is -1.32. The molecule has 0 radical (unpaired) electrons. The van der Waals surface area contributed by atoms with Gasteiger partial charge in [0.2, 0.25) is 0 Å². The maximum absolute atomic E-state index is 11.9. The van der Waals surface area contributed by atoms with Crippen molar-refractivity contribution in [1.82, 2.24) is 30.2 Å². The Hall–Kier alpha value is -3.28. The third-order valence-corrected chi connectivity index (χ3v) is 2.53. The quantitative estimate of drug-likeness (QED) is 0.381. The molecule has 12 heteroatoms. The highest BCUT2D eigenvalue weighted by atomic mass is 16.3. The molecule has 1 atom stereocenters. The number of carbonyl (C=O) groups is 2. The number of aliphatic hydroxyl groups excluding tert-OH is 1. The highest BCUT2D eigenvalue weighted by molar-refractivity contribution is 5.98. The van der Waals surface area contributed by atoms with E-state index >= 15 is 0 Å². The van der Waals surface area contributed by atoms with Crippen molar-refractivity contribution in [2.75, 3.05) is 12.0 Å². The van der Waals surface area contributed by atoms with E-state index in [1.54, 1.807) is 0 Å². The van der Waals surface area contributed by atoms with Crippen LogP contribution in [0.3, 0.4) is 0 Å². The monoisotopic (exact) mass is 309 g/mol. The van der Waals surface area contributed by atoms with E-state index in [2.05, 4.69) is 25.9 Å². The van der Waals surface area contributed by atoms with Gasteiger partial charge in [0, 0.05) is 6.20 Å². The first-order chi connectivity index (χ1) is 10.5. The maximum atomic E-state index is 11.9. The minimum absolute atomic E-state index is 0.407. The van der Waals surface area contributed by atoms with E-state index < -0.39 is 41.3 Å². The topological polar surface area (TPSA) is 175 Å². The Labute approximate surface area is 121 Å². The fourth-order valence-electron chi connectivity index (χ4n) is 1.47. The highest BCUT2D eigenvalue weighted by Crippen LogP contribution is 1.91. The molecule has 2 rings (SSSR count). The van der Waals surface area contributed by atoms with Gasteiger partial charge < -0.3 is 15.4 Å². The van der Waals surface area contributed by atoms with Crippen molar-refractivity contribution in [3.05, 3.63) is 45.3 Å². The van der Waals surface area contributed by atoms with Gasteiger partial charge in [0.1, 0.15) is 24.3 Å². The normalized spacial score (nSPS) is 11.7. The van der Waals surface area contributed by atoms with Crippen LogP contribution in [0.5, 0.6) is 0 Å². The number of aliphatic hydroxyl groups is 1. The van der Waals surface area contributed by atoms with Crippen molar-refractivity contribution in [2.24, 2.45) is 0 Å². The Morgan fingerprint density at radius 1 is 1.32 bits per heavy atom. The van der Waals surface area contributed by atoms with Crippen molar-refractivity contribution < 1.29 is 14.7 Å². The number of hydrogen-bond acceptors (Lipinski definition) is 7. The zero-order valence-electron chi connectivity index (χ0n) is 10.9. The lowest BCUT2D eigenvalue weighted by Crippen LogP contribution is -2.49. The minimum Gasteiger partial charge on any atom is -0.394 e. The molecular weight excluding hydrogens is 298 g/mol. The lowest BCUT2D eigenvalue weighted by Gasteiger charge is -2.15. The zero-order chi connectivity index (χ0) is 16.1. The third kappa shape index (κ3) is 3.43. The number of H-pyrrole nitrogens is 2. The second-order valence-electron chi connectivity index (χ2n) is 4.04. The van der Waals surface area contributed by atoms with Crippen LogP contribution in [0.25, 0.3) is 0 Å². The molecule has 22 heavy (non-hydrogen) atoms. The van der Waals surface area contributed by atoms with Crippen LogP contribution in [0.1, 0.15) is 10.4 Å². The molecule has 0 aliphatic rings. The summed E-state index contributed by atoms with van der Waals surface area (Å²) in [5, 5.41) is 18.2. The summed E-state index contributed by atoms with van der Waals surface area (Å²) in [5.74, 6) is -1.69. The number of nitrogens with one attached hydrogen (secondary N) is 4. The fourth-order valence-corrected chi connectivity index (χ4v) is 1.47. The van der Waals surface area contributed by atoms with Crippen LogP contribution >= 0.6 is 0 Å². The second kappa shape index (κ2) is 6.45. The van der Waals surface area contributed by atoms with Crippen molar-refractivity contribution >= 4 is 11.8 Å². The molecule has 5 N–H and O–H groups in total. The summed E-state index contributed by atoms with van der Waals surface area (Å²) in [5.41, 5.74) is 0.189. The first-order valence-corrected chi connectivity index (χ1v) is 5.90. The summed E-state index contributed by atoms with van der Waals surface area (Å²) in [4.78, 5) is 50.0. The number of aromatic amines is 2. The molecule has 0 fully saturated rings. The molecule has 2 aromatic heterocycles. The Kier molecular flexibility index (Phi) is 4.43. The Morgan fingerprint density at radius 2 is 2.00 bits per heavy atom. The molecule has 0 bridgehead atoms. The van der Waals surface area contributed by atoms with Crippen LogP contribution in [0, 0.1) is 0 Å². The van der Waals surface area contributed by atoms with Gasteiger partial charge in [-0.25, -0.2) is 9.47 Å². The van der Waals surface area contributed by atoms with Crippen LogP contribution < -0.4 is 22.0 Å². The summed E-state index contributed by atoms with van der Waals surface area (Å²) in [7, 11) is 0. The van der Waals surface area contributed by atoms with E-state index in [0.29, 0.717) is 0 Å². The molecule has 116 valence electrons. The summed E-state index contributed by atoms with van der Waals surface area (Å²) in [6.07, 6.45) is 3.30. The molecule has 0 aliphatic carbocycles. The number of nitrogens with zero attached hydrogens (tertiary/aromatic N) is 3. The summed E-state index contributed by atoms with van der Waals surface area (Å²) >= 11 is 0. The highest BCUT2D eigenvalue weighted by Gasteiger charge is 2.22. The first-order valence-electron chi connectivity index (χ1n) is 5.90. The molecule has 0 saturated carbocycles. The van der Waals surface area contributed by atoms with Gasteiger partial charge in [0.25, 0.3) is 17.4 Å². The molecule has 1 unspecified atom stereocenters. The van der Waals surface area contributed by atoms with Gasteiger partial charge in [0.05, 0.1) is 6.61 Å². The maximum Gasteiger partial charge on any atom is 0.325 e. The van der Waals surface area contributed by atoms with Gasteiger partial charge in [-0.1, -0.05) is 0 Å². The zero-order valence-corrected chi connectivity index (χ0v) is 10.9. The minimum atomic E-state index is -1.32. The molecule has 0 spiro atoms. The standard InChI is InChI=1S/C10H11N7O5/c18-2-6(9(21)16-17-3-12-13-4-17)14-7(19)5-1-11-10(22)15-8(5)20/h1,3-4,6,18H,2H2,(H,14,19)(H,16,21)(H2,11,15,20,22). The summed E-state index contributed by atoms with van der Waals surface area (Å²) < 4.78 is 1.12. The average Bonchev–Trinajstić information content (AvgIpc) is 2.97. The second-order valence-corrected chi connectivity index (χ2v) is 4.04. The first kappa shape index (κ1) is 15.1. The fraction of sp³-hybridized carbons (Fsp3) is 0.200. The van der Waals surface area contributed by atoms with Gasteiger partial charge in [-0.3, -0.25) is 24.8 Å². The number of aromatic nitrogens is 5. The Morgan fingerprint density at radius 3 is 2.59 bits per heavy atom. The smallest absolute Gasteiger partial charge is 0.325 e. The van der Waals surface area contributed by atoms with Crippen LogP contribution in [0.2, 0.25) is 0 Å². The molecule has 0 saturated heterocycles. The SMILES string of the molecule is O=C(NC(CO)C(=O)Nn1cnnc1)c1c[nH]c(=O)[nH]c1=O. The van der Waals surface area contributed by atoms with E-state index in [1.165, 1.54) is 12.7 Å². The van der Waals surface area contributed by atoms with Crippen molar-refractivity contribution in [1.29, 1.82) is 0 Å². The van der Waals surface area contributed by atoms with Gasteiger partial charge in [-0.2, -0.15) is 0 Å². The van der Waals surface area contributed by atoms with Crippen molar-refractivity contribution in [3.63, 3.8) is 0 Å². The van der Waals surface area contributed by atoms with Gasteiger partial charge in [-0.15, -0.1) is 10.2 Å². The van der Waals surface area contributed by atoms with Crippen molar-refractivity contribution in [3.8, 4) is 0 Å². The number of rotatable bonds is 5. The van der Waals surface area contributed by atoms with Gasteiger partial charge in [0.15, 0.2) is 0 Å².